The number of carbonyl (C=O) groups excluding carboxylic acids is 1. The number of hydrogen-bond acceptors (Lipinski definition) is 2. The summed E-state index contributed by atoms with van der Waals surface area (Å²) in [7, 11) is 0. The van der Waals surface area contributed by atoms with Crippen molar-refractivity contribution in [3.05, 3.63) is 71.3 Å². The molecule has 3 N–H and O–H groups in total. The number of hydrazine groups is 1. The lowest BCUT2D eigenvalue weighted by atomic mass is 9.93. The lowest BCUT2D eigenvalue weighted by Gasteiger charge is -2.16. The number of thiocarbonyl (C=S) groups is 1. The maximum Gasteiger partial charge on any atom is 0.239 e. The maximum atomic E-state index is 12.6. The first kappa shape index (κ1) is 19.6. The second-order valence-electron chi connectivity index (χ2n) is 7.72. The topological polar surface area (TPSA) is 53.2 Å². The Morgan fingerprint density at radius 1 is 0.966 bits per heavy atom. The van der Waals surface area contributed by atoms with Crippen molar-refractivity contribution in [1.82, 2.24) is 16.2 Å². The van der Waals surface area contributed by atoms with Crippen LogP contribution in [0.15, 0.2) is 60.2 Å². The molecule has 0 fully saturated rings. The van der Waals surface area contributed by atoms with Crippen LogP contribution in [0.25, 0.3) is 11.1 Å². The van der Waals surface area contributed by atoms with E-state index >= 15 is 0 Å². The minimum absolute atomic E-state index is 0.0688. The average Bonchev–Trinajstić information content (AvgIpc) is 3.07. The first-order valence-electron chi connectivity index (χ1n) is 10.4. The van der Waals surface area contributed by atoms with Crippen molar-refractivity contribution in [1.29, 1.82) is 0 Å². The fourth-order valence-electron chi connectivity index (χ4n) is 4.36. The second-order valence-corrected chi connectivity index (χ2v) is 8.13. The molecule has 0 unspecified atom stereocenters. The molecule has 1 amide bonds. The number of benzene rings is 2. The third kappa shape index (κ3) is 4.67. The lowest BCUT2D eigenvalue weighted by molar-refractivity contribution is -0.121. The maximum absolute atomic E-state index is 12.6. The van der Waals surface area contributed by atoms with Crippen LogP contribution >= 0.6 is 12.2 Å². The first-order valence-corrected chi connectivity index (χ1v) is 10.8. The Morgan fingerprint density at radius 3 is 2.31 bits per heavy atom. The molecular weight excluding hydrogens is 378 g/mol. The molecule has 0 saturated carbocycles. The van der Waals surface area contributed by atoms with Gasteiger partial charge < -0.3 is 5.32 Å². The number of hydrogen-bond donors (Lipinski definition) is 3. The third-order valence-electron chi connectivity index (χ3n) is 5.78. The van der Waals surface area contributed by atoms with E-state index in [1.165, 1.54) is 53.5 Å². The summed E-state index contributed by atoms with van der Waals surface area (Å²) in [5.74, 6) is 0.00427. The van der Waals surface area contributed by atoms with E-state index in [0.29, 0.717) is 11.5 Å². The summed E-state index contributed by atoms with van der Waals surface area (Å²) in [5, 5.41) is 3.64. The van der Waals surface area contributed by atoms with Crippen LogP contribution in [0.1, 0.15) is 55.6 Å². The molecule has 0 aromatic heterocycles. The lowest BCUT2D eigenvalue weighted by Crippen LogP contribution is -2.47. The van der Waals surface area contributed by atoms with Crippen molar-refractivity contribution in [3.8, 4) is 11.1 Å². The molecule has 0 saturated heterocycles. The van der Waals surface area contributed by atoms with Gasteiger partial charge in [-0.2, -0.15) is 0 Å². The zero-order valence-electron chi connectivity index (χ0n) is 16.5. The van der Waals surface area contributed by atoms with Crippen LogP contribution in [-0.4, -0.2) is 17.6 Å². The highest BCUT2D eigenvalue weighted by Crippen LogP contribution is 2.45. The highest BCUT2D eigenvalue weighted by Gasteiger charge is 2.29. The predicted molar refractivity (Wildman–Crippen MR) is 121 cm³/mol. The summed E-state index contributed by atoms with van der Waals surface area (Å²) < 4.78 is 0. The first-order chi connectivity index (χ1) is 14.2. The van der Waals surface area contributed by atoms with Crippen molar-refractivity contribution in [2.45, 2.75) is 44.4 Å². The van der Waals surface area contributed by atoms with Crippen molar-refractivity contribution < 1.29 is 4.79 Å². The van der Waals surface area contributed by atoms with Gasteiger partial charge in [0.1, 0.15) is 0 Å². The van der Waals surface area contributed by atoms with Crippen LogP contribution in [-0.2, 0) is 4.79 Å². The van der Waals surface area contributed by atoms with E-state index in [0.717, 1.165) is 13.0 Å². The summed E-state index contributed by atoms with van der Waals surface area (Å²) in [5.41, 5.74) is 12.0. The molecule has 0 aliphatic heterocycles. The van der Waals surface area contributed by atoms with Gasteiger partial charge in [0.2, 0.25) is 5.91 Å². The van der Waals surface area contributed by atoms with Crippen molar-refractivity contribution >= 4 is 23.2 Å². The second kappa shape index (κ2) is 9.23. The molecule has 0 bridgehead atoms. The molecule has 29 heavy (non-hydrogen) atoms. The van der Waals surface area contributed by atoms with Gasteiger partial charge in [-0.15, -0.1) is 0 Å². The van der Waals surface area contributed by atoms with E-state index in [4.69, 9.17) is 12.2 Å². The monoisotopic (exact) mass is 405 g/mol. The highest BCUT2D eigenvalue weighted by atomic mass is 32.1. The van der Waals surface area contributed by atoms with Gasteiger partial charge in [-0.25, -0.2) is 0 Å². The standard InChI is InChI=1S/C24H27N3OS/c28-23(26-27-24(29)25-15-14-17-8-2-1-3-9-17)16-22-20-12-6-4-10-18(20)19-11-5-7-13-21(19)22/h4-8,10-13,22H,1-3,9,14-16H2,(H,26,28)(H2,25,27,29). The Morgan fingerprint density at radius 2 is 1.66 bits per heavy atom. The van der Waals surface area contributed by atoms with E-state index in [1.54, 1.807) is 0 Å². The average molecular weight is 406 g/mol. The number of nitrogens with one attached hydrogen (secondary N) is 3. The Bertz CT molecular complexity index is 892. The zero-order valence-corrected chi connectivity index (χ0v) is 17.4. The zero-order chi connectivity index (χ0) is 20.1. The quantitative estimate of drug-likeness (QED) is 0.387. The molecule has 150 valence electrons. The van der Waals surface area contributed by atoms with Crippen LogP contribution in [0.4, 0.5) is 0 Å². The summed E-state index contributed by atoms with van der Waals surface area (Å²) in [6, 6.07) is 16.7. The molecular formula is C24H27N3OS. The fraction of sp³-hybridized carbons (Fsp3) is 0.333. The molecule has 4 rings (SSSR count). The van der Waals surface area contributed by atoms with Crippen LogP contribution in [0, 0.1) is 0 Å². The number of allylic oxidation sites excluding steroid dienone is 1. The number of fused-ring (bicyclic) bond motifs is 3. The van der Waals surface area contributed by atoms with E-state index in [2.05, 4.69) is 46.5 Å². The molecule has 2 aliphatic rings. The van der Waals surface area contributed by atoms with E-state index < -0.39 is 0 Å². The van der Waals surface area contributed by atoms with Crippen molar-refractivity contribution in [2.24, 2.45) is 0 Å². The van der Waals surface area contributed by atoms with Crippen LogP contribution in [0.2, 0.25) is 0 Å². The fourth-order valence-corrected chi connectivity index (χ4v) is 4.51. The Hall–Kier alpha value is -2.66. The predicted octanol–water partition coefficient (Wildman–Crippen LogP) is 4.57. The number of carbonyl (C=O) groups is 1. The summed E-state index contributed by atoms with van der Waals surface area (Å²) in [4.78, 5) is 12.6. The molecule has 2 aromatic rings. The van der Waals surface area contributed by atoms with Gasteiger partial charge in [0.25, 0.3) is 0 Å². The summed E-state index contributed by atoms with van der Waals surface area (Å²) in [6.07, 6.45) is 8.73. The van der Waals surface area contributed by atoms with Gasteiger partial charge >= 0.3 is 0 Å². The molecule has 0 spiro atoms. The van der Waals surface area contributed by atoms with Crippen LogP contribution in [0.5, 0.6) is 0 Å². The molecule has 0 atom stereocenters. The van der Waals surface area contributed by atoms with E-state index in [1.807, 2.05) is 24.3 Å². The van der Waals surface area contributed by atoms with Gasteiger partial charge in [-0.3, -0.25) is 15.6 Å². The smallest absolute Gasteiger partial charge is 0.239 e. The largest absolute Gasteiger partial charge is 0.361 e. The molecule has 2 aliphatic carbocycles. The van der Waals surface area contributed by atoms with Gasteiger partial charge in [0.15, 0.2) is 5.11 Å². The number of amides is 1. The van der Waals surface area contributed by atoms with Gasteiger partial charge in [0, 0.05) is 18.9 Å². The summed E-state index contributed by atoms with van der Waals surface area (Å²) in [6.45, 7) is 0.789. The number of rotatable bonds is 5. The normalized spacial score (nSPS) is 15.1. The van der Waals surface area contributed by atoms with E-state index in [9.17, 15) is 4.79 Å². The van der Waals surface area contributed by atoms with Gasteiger partial charge in [0.05, 0.1) is 0 Å². The molecule has 4 nitrogen and oxygen atoms in total. The molecule has 0 radical (unpaired) electrons. The Balaban J connectivity index is 1.28. The Labute approximate surface area is 177 Å². The van der Waals surface area contributed by atoms with Crippen LogP contribution in [0.3, 0.4) is 0 Å². The third-order valence-corrected chi connectivity index (χ3v) is 6.03. The summed E-state index contributed by atoms with van der Waals surface area (Å²) >= 11 is 5.29. The van der Waals surface area contributed by atoms with Gasteiger partial charge in [-0.1, -0.05) is 60.2 Å². The van der Waals surface area contributed by atoms with E-state index in [-0.39, 0.29) is 11.8 Å². The molecule has 5 heteroatoms. The van der Waals surface area contributed by atoms with Gasteiger partial charge in [-0.05, 0) is 66.6 Å². The Kier molecular flexibility index (Phi) is 6.25. The van der Waals surface area contributed by atoms with Crippen LogP contribution < -0.4 is 16.2 Å². The minimum Gasteiger partial charge on any atom is -0.361 e. The molecule has 2 aromatic carbocycles. The van der Waals surface area contributed by atoms with Crippen molar-refractivity contribution in [2.75, 3.05) is 6.54 Å². The highest BCUT2D eigenvalue weighted by molar-refractivity contribution is 7.80. The van der Waals surface area contributed by atoms with Crippen molar-refractivity contribution in [3.63, 3.8) is 0 Å². The minimum atomic E-state index is -0.0688. The molecule has 0 heterocycles. The SMILES string of the molecule is O=C(CC1c2ccccc2-c2ccccc21)NNC(=S)NCCC1=CCCCC1.